The van der Waals surface area contributed by atoms with Gasteiger partial charge in [-0.15, -0.1) is 0 Å². The zero-order chi connectivity index (χ0) is 21.3. The second-order valence-corrected chi connectivity index (χ2v) is 7.12. The molecule has 30 heavy (non-hydrogen) atoms. The minimum atomic E-state index is -0.464. The van der Waals surface area contributed by atoms with Gasteiger partial charge in [0.1, 0.15) is 11.5 Å². The summed E-state index contributed by atoms with van der Waals surface area (Å²) in [6, 6.07) is 21.6. The molecule has 1 amide bonds. The van der Waals surface area contributed by atoms with Crippen molar-refractivity contribution in [1.29, 1.82) is 0 Å². The molecule has 0 N–H and O–H groups in total. The molecule has 0 spiro atoms. The highest BCUT2D eigenvalue weighted by molar-refractivity contribution is 6.33. The minimum Gasteiger partial charge on any atom is -0.266 e. The fraction of sp³-hybridized carbons (Fsp3) is 0.0833. The van der Waals surface area contributed by atoms with E-state index in [1.54, 1.807) is 23.1 Å². The van der Waals surface area contributed by atoms with E-state index in [1.165, 1.54) is 12.1 Å². The zero-order valence-electron chi connectivity index (χ0n) is 16.6. The molecule has 3 aromatic rings. The fourth-order valence-corrected chi connectivity index (χ4v) is 3.27. The molecule has 0 unspecified atom stereocenters. The zero-order valence-corrected chi connectivity index (χ0v) is 16.6. The Bertz CT molecular complexity index is 1190. The SMILES string of the molecule is Cc1ccc(C2=N/C(=C/c3ccccc3[N+](=O)[O-])C(=O)N2c2ccc(C)cc2)cc1. The number of amidine groups is 1. The molecular formula is C24H19N3O3. The highest BCUT2D eigenvalue weighted by atomic mass is 16.6. The summed E-state index contributed by atoms with van der Waals surface area (Å²) in [5, 5.41) is 11.4. The van der Waals surface area contributed by atoms with Crippen molar-refractivity contribution in [3.05, 3.63) is 111 Å². The molecule has 0 saturated heterocycles. The molecule has 0 fully saturated rings. The van der Waals surface area contributed by atoms with Gasteiger partial charge in [0.2, 0.25) is 0 Å². The highest BCUT2D eigenvalue weighted by Gasteiger charge is 2.33. The van der Waals surface area contributed by atoms with Crippen molar-refractivity contribution in [3.63, 3.8) is 0 Å². The maximum Gasteiger partial charge on any atom is 0.282 e. The van der Waals surface area contributed by atoms with Gasteiger partial charge in [0.25, 0.3) is 11.6 Å². The van der Waals surface area contributed by atoms with Gasteiger partial charge in [0, 0.05) is 11.6 Å². The van der Waals surface area contributed by atoms with Gasteiger partial charge < -0.3 is 0 Å². The summed E-state index contributed by atoms with van der Waals surface area (Å²) in [6.45, 7) is 3.97. The summed E-state index contributed by atoms with van der Waals surface area (Å²) in [6.07, 6.45) is 1.48. The lowest BCUT2D eigenvalue weighted by Gasteiger charge is -2.19. The number of nitrogens with zero attached hydrogens (tertiary/aromatic N) is 3. The van der Waals surface area contributed by atoms with E-state index >= 15 is 0 Å². The van der Waals surface area contributed by atoms with Gasteiger partial charge in [-0.05, 0) is 38.1 Å². The second kappa shape index (κ2) is 7.75. The smallest absolute Gasteiger partial charge is 0.266 e. The number of hydrogen-bond donors (Lipinski definition) is 0. The Kier molecular flexibility index (Phi) is 4.98. The van der Waals surface area contributed by atoms with Crippen LogP contribution in [0.5, 0.6) is 0 Å². The molecule has 0 radical (unpaired) electrons. The van der Waals surface area contributed by atoms with Crippen molar-refractivity contribution in [2.45, 2.75) is 13.8 Å². The Morgan fingerprint density at radius 2 is 1.50 bits per heavy atom. The minimum absolute atomic E-state index is 0.0707. The molecule has 0 atom stereocenters. The molecule has 1 heterocycles. The molecule has 0 bridgehead atoms. The molecule has 0 aliphatic carbocycles. The molecule has 3 aromatic carbocycles. The van der Waals surface area contributed by atoms with E-state index < -0.39 is 4.92 Å². The van der Waals surface area contributed by atoms with Crippen molar-refractivity contribution in [2.24, 2.45) is 4.99 Å². The molecule has 1 aliphatic rings. The lowest BCUT2D eigenvalue weighted by molar-refractivity contribution is -0.385. The Balaban J connectivity index is 1.85. The third kappa shape index (κ3) is 3.63. The lowest BCUT2D eigenvalue weighted by Crippen LogP contribution is -2.32. The van der Waals surface area contributed by atoms with Crippen LogP contribution in [-0.2, 0) is 4.79 Å². The monoisotopic (exact) mass is 397 g/mol. The molecule has 0 saturated carbocycles. The van der Waals surface area contributed by atoms with Gasteiger partial charge in [-0.2, -0.15) is 0 Å². The van der Waals surface area contributed by atoms with Crippen LogP contribution in [0.15, 0.2) is 83.5 Å². The molecule has 6 heteroatoms. The Labute approximate surface area is 174 Å². The standard InChI is InChI=1S/C24H19N3O3/c1-16-7-11-18(12-8-16)23-25-21(15-19-5-3-4-6-22(19)27(29)30)24(28)26(23)20-13-9-17(2)10-14-20/h3-15H,1-2H3/b21-15+. The molecular weight excluding hydrogens is 378 g/mol. The van der Waals surface area contributed by atoms with E-state index in [2.05, 4.69) is 4.99 Å². The first-order valence-electron chi connectivity index (χ1n) is 9.46. The maximum absolute atomic E-state index is 13.3. The summed E-state index contributed by atoms with van der Waals surface area (Å²) >= 11 is 0. The number of carbonyl (C=O) groups excluding carboxylic acids is 1. The molecule has 0 aromatic heterocycles. The number of nitro groups is 1. The van der Waals surface area contributed by atoms with E-state index in [1.807, 2.05) is 62.4 Å². The van der Waals surface area contributed by atoms with Crippen LogP contribution in [0.2, 0.25) is 0 Å². The van der Waals surface area contributed by atoms with Crippen LogP contribution in [0.4, 0.5) is 11.4 Å². The van der Waals surface area contributed by atoms with Crippen molar-refractivity contribution in [2.75, 3.05) is 4.90 Å². The molecule has 4 rings (SSSR count). The number of benzene rings is 3. The third-order valence-corrected chi connectivity index (χ3v) is 4.89. The van der Waals surface area contributed by atoms with E-state index in [0.29, 0.717) is 17.1 Å². The van der Waals surface area contributed by atoms with Gasteiger partial charge in [0.15, 0.2) is 0 Å². The van der Waals surface area contributed by atoms with Gasteiger partial charge in [-0.3, -0.25) is 19.8 Å². The van der Waals surface area contributed by atoms with Crippen molar-refractivity contribution in [1.82, 2.24) is 0 Å². The number of hydrogen-bond acceptors (Lipinski definition) is 4. The van der Waals surface area contributed by atoms with Crippen molar-refractivity contribution < 1.29 is 9.72 Å². The quantitative estimate of drug-likeness (QED) is 0.351. The van der Waals surface area contributed by atoms with Gasteiger partial charge in [-0.1, -0.05) is 59.7 Å². The second-order valence-electron chi connectivity index (χ2n) is 7.12. The van der Waals surface area contributed by atoms with Gasteiger partial charge in [-0.25, -0.2) is 4.99 Å². The first-order chi connectivity index (χ1) is 14.4. The Morgan fingerprint density at radius 1 is 0.900 bits per heavy atom. The molecule has 1 aliphatic heterocycles. The molecule has 6 nitrogen and oxygen atoms in total. The van der Waals surface area contributed by atoms with Crippen LogP contribution in [0.3, 0.4) is 0 Å². The van der Waals surface area contributed by atoms with E-state index in [-0.39, 0.29) is 17.3 Å². The number of nitro benzene ring substituents is 1. The number of amides is 1. The predicted molar refractivity (Wildman–Crippen MR) is 117 cm³/mol. The first kappa shape index (κ1) is 19.3. The number of carbonyl (C=O) groups is 1. The highest BCUT2D eigenvalue weighted by Crippen LogP contribution is 2.30. The van der Waals surface area contributed by atoms with E-state index in [9.17, 15) is 14.9 Å². The van der Waals surface area contributed by atoms with E-state index in [0.717, 1.165) is 16.7 Å². The Morgan fingerprint density at radius 3 is 2.13 bits per heavy atom. The number of aryl methyl sites for hydroxylation is 2. The lowest BCUT2D eigenvalue weighted by atomic mass is 10.1. The summed E-state index contributed by atoms with van der Waals surface area (Å²) in [5.74, 6) is 0.168. The van der Waals surface area contributed by atoms with Gasteiger partial charge >= 0.3 is 0 Å². The Hall–Kier alpha value is -4.06. The largest absolute Gasteiger partial charge is 0.282 e. The van der Waals surface area contributed by atoms with Crippen molar-refractivity contribution in [3.8, 4) is 0 Å². The number of para-hydroxylation sites is 1. The van der Waals surface area contributed by atoms with Crippen LogP contribution in [-0.4, -0.2) is 16.7 Å². The summed E-state index contributed by atoms with van der Waals surface area (Å²) in [4.78, 5) is 30.3. The van der Waals surface area contributed by atoms with Crippen LogP contribution in [0.25, 0.3) is 6.08 Å². The summed E-state index contributed by atoms with van der Waals surface area (Å²) in [7, 11) is 0. The van der Waals surface area contributed by atoms with E-state index in [4.69, 9.17) is 0 Å². The first-order valence-corrected chi connectivity index (χ1v) is 9.46. The average Bonchev–Trinajstić information content (AvgIpc) is 3.05. The number of anilines is 1. The van der Waals surface area contributed by atoms with Crippen LogP contribution >= 0.6 is 0 Å². The maximum atomic E-state index is 13.3. The normalized spacial score (nSPS) is 14.9. The topological polar surface area (TPSA) is 75.8 Å². The number of aliphatic imine (C=N–C) groups is 1. The number of rotatable bonds is 4. The van der Waals surface area contributed by atoms with Crippen LogP contribution in [0, 0.1) is 24.0 Å². The predicted octanol–water partition coefficient (Wildman–Crippen LogP) is 5.05. The summed E-state index contributed by atoms with van der Waals surface area (Å²) in [5.41, 5.74) is 4.08. The van der Waals surface area contributed by atoms with Crippen molar-refractivity contribution >= 4 is 29.2 Å². The van der Waals surface area contributed by atoms with Crippen LogP contribution in [0.1, 0.15) is 22.3 Å². The van der Waals surface area contributed by atoms with Crippen LogP contribution < -0.4 is 4.90 Å². The molecule has 148 valence electrons. The fourth-order valence-electron chi connectivity index (χ4n) is 3.27. The summed E-state index contributed by atoms with van der Waals surface area (Å²) < 4.78 is 0. The average molecular weight is 397 g/mol. The third-order valence-electron chi connectivity index (χ3n) is 4.89. The van der Waals surface area contributed by atoms with Gasteiger partial charge in [0.05, 0.1) is 16.2 Å².